The number of nitrogens with zero attached hydrogens (tertiary/aromatic N) is 1. The molecule has 0 aliphatic rings. The van der Waals surface area contributed by atoms with E-state index in [9.17, 15) is 10.1 Å². The summed E-state index contributed by atoms with van der Waals surface area (Å²) in [5.74, 6) is 1.11. The quantitative estimate of drug-likeness (QED) is 0.617. The van der Waals surface area contributed by atoms with Crippen LogP contribution in [0.1, 0.15) is 26.3 Å². The molecule has 0 aromatic heterocycles. The lowest BCUT2D eigenvalue weighted by molar-refractivity contribution is -0.121. The van der Waals surface area contributed by atoms with Gasteiger partial charge in [0, 0.05) is 11.0 Å². The summed E-state index contributed by atoms with van der Waals surface area (Å²) in [6, 6.07) is 5.37. The lowest BCUT2D eigenvalue weighted by Crippen LogP contribution is -2.21. The van der Waals surface area contributed by atoms with Crippen LogP contribution in [0.15, 0.2) is 17.7 Å². The molecule has 0 spiro atoms. The van der Waals surface area contributed by atoms with Crippen molar-refractivity contribution in [1.82, 2.24) is 0 Å². The van der Waals surface area contributed by atoms with Gasteiger partial charge in [0.25, 0.3) is 0 Å². The van der Waals surface area contributed by atoms with Gasteiger partial charge in [-0.2, -0.15) is 5.26 Å². The molecular formula is C17H21NO4. The number of carbonyl (C=O) groups is 1. The lowest BCUT2D eigenvalue weighted by Gasteiger charge is -2.17. The normalized spacial score (nSPS) is 11.6. The fourth-order valence-electron chi connectivity index (χ4n) is 1.95. The van der Waals surface area contributed by atoms with Gasteiger partial charge in [-0.15, -0.1) is 0 Å². The second kappa shape index (κ2) is 6.99. The molecule has 5 nitrogen and oxygen atoms in total. The minimum Gasteiger partial charge on any atom is -0.493 e. The molecule has 0 aliphatic heterocycles. The molecule has 1 rings (SSSR count). The van der Waals surface area contributed by atoms with E-state index in [1.165, 1.54) is 27.4 Å². The Morgan fingerprint density at radius 1 is 1.09 bits per heavy atom. The fraction of sp³-hybridized carbons (Fsp3) is 0.412. The maximum atomic E-state index is 12.3. The highest BCUT2D eigenvalue weighted by Gasteiger charge is 2.25. The molecule has 118 valence electrons. The first-order chi connectivity index (χ1) is 10.3. The minimum absolute atomic E-state index is 0.0676. The zero-order valence-electron chi connectivity index (χ0n) is 13.8. The molecule has 0 fully saturated rings. The zero-order valence-corrected chi connectivity index (χ0v) is 13.8. The van der Waals surface area contributed by atoms with Crippen molar-refractivity contribution >= 4 is 11.9 Å². The molecule has 0 bridgehead atoms. The van der Waals surface area contributed by atoms with Crippen LogP contribution in [0.5, 0.6) is 17.2 Å². The Kier molecular flexibility index (Phi) is 5.58. The fourth-order valence-corrected chi connectivity index (χ4v) is 1.95. The number of methoxy groups -OCH3 is 3. The number of carbonyl (C=O) groups excluding carboxylic acids is 1. The van der Waals surface area contributed by atoms with E-state index in [2.05, 4.69) is 0 Å². The summed E-state index contributed by atoms with van der Waals surface area (Å²) in [6.07, 6.45) is 1.51. The van der Waals surface area contributed by atoms with Crippen molar-refractivity contribution in [3.8, 4) is 23.3 Å². The molecule has 0 radical (unpaired) electrons. The first-order valence-corrected chi connectivity index (χ1v) is 6.75. The van der Waals surface area contributed by atoms with Crippen molar-refractivity contribution in [1.29, 1.82) is 5.26 Å². The van der Waals surface area contributed by atoms with E-state index in [0.29, 0.717) is 22.8 Å². The molecule has 0 atom stereocenters. The molecule has 0 saturated heterocycles. The number of benzene rings is 1. The molecule has 0 amide bonds. The van der Waals surface area contributed by atoms with Crippen molar-refractivity contribution in [3.05, 3.63) is 23.3 Å². The Balaban J connectivity index is 3.47. The number of hydrogen-bond acceptors (Lipinski definition) is 5. The molecule has 0 saturated carbocycles. The van der Waals surface area contributed by atoms with E-state index < -0.39 is 5.41 Å². The third-order valence-electron chi connectivity index (χ3n) is 3.08. The Morgan fingerprint density at radius 2 is 1.68 bits per heavy atom. The Labute approximate surface area is 131 Å². The van der Waals surface area contributed by atoms with Crippen LogP contribution in [-0.4, -0.2) is 27.1 Å². The molecule has 1 aromatic rings. The molecule has 5 heteroatoms. The number of rotatable bonds is 5. The van der Waals surface area contributed by atoms with Crippen molar-refractivity contribution in [2.45, 2.75) is 20.8 Å². The summed E-state index contributed by atoms with van der Waals surface area (Å²) in [7, 11) is 4.52. The van der Waals surface area contributed by atoms with Crippen LogP contribution in [0.25, 0.3) is 6.08 Å². The van der Waals surface area contributed by atoms with Crippen LogP contribution in [0.2, 0.25) is 0 Å². The van der Waals surface area contributed by atoms with Crippen LogP contribution in [-0.2, 0) is 4.79 Å². The first-order valence-electron chi connectivity index (χ1n) is 6.75. The predicted molar refractivity (Wildman–Crippen MR) is 84.2 cm³/mol. The number of ketones is 1. The topological polar surface area (TPSA) is 68.5 Å². The van der Waals surface area contributed by atoms with Crippen LogP contribution in [0, 0.1) is 16.7 Å². The monoisotopic (exact) mass is 303 g/mol. The maximum absolute atomic E-state index is 12.3. The van der Waals surface area contributed by atoms with Gasteiger partial charge in [-0.3, -0.25) is 4.79 Å². The van der Waals surface area contributed by atoms with Gasteiger partial charge in [0.1, 0.15) is 6.07 Å². The number of Topliss-reactive ketones (excluding diaryl/α,β-unsaturated/α-hetero) is 1. The van der Waals surface area contributed by atoms with E-state index in [4.69, 9.17) is 14.2 Å². The third-order valence-corrected chi connectivity index (χ3v) is 3.08. The third kappa shape index (κ3) is 3.59. The largest absolute Gasteiger partial charge is 0.493 e. The summed E-state index contributed by atoms with van der Waals surface area (Å²) in [6.45, 7) is 5.31. The Hall–Kier alpha value is -2.48. The average molecular weight is 303 g/mol. The second-order valence-electron chi connectivity index (χ2n) is 5.67. The van der Waals surface area contributed by atoms with Gasteiger partial charge in [-0.25, -0.2) is 0 Å². The number of ether oxygens (including phenoxy) is 3. The van der Waals surface area contributed by atoms with Gasteiger partial charge in [-0.05, 0) is 18.2 Å². The standard InChI is InChI=1S/C17H21NO4/c1-17(2,3)16(19)12(10-18)9-11-7-8-13(20-4)15(22-6)14(11)21-5/h7-9H,1-6H3/b12-9+. The average Bonchev–Trinajstić information content (AvgIpc) is 2.49. The molecular weight excluding hydrogens is 282 g/mol. The highest BCUT2D eigenvalue weighted by atomic mass is 16.5. The van der Waals surface area contributed by atoms with Gasteiger partial charge >= 0.3 is 0 Å². The number of hydrogen-bond donors (Lipinski definition) is 0. The zero-order chi connectivity index (χ0) is 16.9. The van der Waals surface area contributed by atoms with Crippen LogP contribution in [0.3, 0.4) is 0 Å². The summed E-state index contributed by atoms with van der Waals surface area (Å²) in [5, 5.41) is 9.28. The Morgan fingerprint density at radius 3 is 2.09 bits per heavy atom. The summed E-state index contributed by atoms with van der Waals surface area (Å²) in [4.78, 5) is 12.3. The molecule has 0 unspecified atom stereocenters. The molecule has 0 N–H and O–H groups in total. The SMILES string of the molecule is COc1ccc(/C=C(\C#N)C(=O)C(C)(C)C)c(OC)c1OC. The molecule has 1 aromatic carbocycles. The van der Waals surface area contributed by atoms with Gasteiger partial charge < -0.3 is 14.2 Å². The van der Waals surface area contributed by atoms with Crippen molar-refractivity contribution < 1.29 is 19.0 Å². The smallest absolute Gasteiger partial charge is 0.203 e. The first kappa shape index (κ1) is 17.6. The maximum Gasteiger partial charge on any atom is 0.203 e. The minimum atomic E-state index is -0.634. The second-order valence-corrected chi connectivity index (χ2v) is 5.67. The summed E-state index contributed by atoms with van der Waals surface area (Å²) >= 11 is 0. The van der Waals surface area contributed by atoms with Crippen LogP contribution < -0.4 is 14.2 Å². The van der Waals surface area contributed by atoms with E-state index >= 15 is 0 Å². The molecule has 0 heterocycles. The number of allylic oxidation sites excluding steroid dienone is 1. The summed E-state index contributed by atoms with van der Waals surface area (Å²) in [5.41, 5.74) is 0.0121. The van der Waals surface area contributed by atoms with Crippen molar-refractivity contribution in [2.75, 3.05) is 21.3 Å². The van der Waals surface area contributed by atoms with Gasteiger partial charge in [0.15, 0.2) is 17.3 Å². The highest BCUT2D eigenvalue weighted by molar-refractivity contribution is 6.06. The van der Waals surface area contributed by atoms with Crippen molar-refractivity contribution in [3.63, 3.8) is 0 Å². The van der Waals surface area contributed by atoms with E-state index in [1.54, 1.807) is 32.9 Å². The van der Waals surface area contributed by atoms with Crippen molar-refractivity contribution in [2.24, 2.45) is 5.41 Å². The summed E-state index contributed by atoms with van der Waals surface area (Å²) < 4.78 is 15.9. The van der Waals surface area contributed by atoms with E-state index in [1.807, 2.05) is 6.07 Å². The van der Waals surface area contributed by atoms with Gasteiger partial charge in [0.05, 0.1) is 26.9 Å². The van der Waals surface area contributed by atoms with Gasteiger partial charge in [-0.1, -0.05) is 20.8 Å². The van der Waals surface area contributed by atoms with Gasteiger partial charge in [0.2, 0.25) is 5.75 Å². The van der Waals surface area contributed by atoms with E-state index in [0.717, 1.165) is 0 Å². The molecule has 22 heavy (non-hydrogen) atoms. The van der Waals surface area contributed by atoms with Crippen LogP contribution >= 0.6 is 0 Å². The van der Waals surface area contributed by atoms with E-state index in [-0.39, 0.29) is 11.4 Å². The van der Waals surface area contributed by atoms with Crippen LogP contribution in [0.4, 0.5) is 0 Å². The predicted octanol–water partition coefficient (Wildman–Crippen LogP) is 3.23. The molecule has 0 aliphatic carbocycles. The number of nitriles is 1. The highest BCUT2D eigenvalue weighted by Crippen LogP contribution is 2.40. The lowest BCUT2D eigenvalue weighted by atomic mass is 9.86. The Bertz CT molecular complexity index is 633.